The van der Waals surface area contributed by atoms with Crippen LogP contribution in [0.15, 0.2) is 60.7 Å². The van der Waals surface area contributed by atoms with Crippen LogP contribution in [-0.2, 0) is 6.54 Å². The second-order valence-electron chi connectivity index (χ2n) is 6.52. The minimum absolute atomic E-state index is 0.00933. The van der Waals surface area contributed by atoms with Crippen molar-refractivity contribution in [1.82, 2.24) is 9.88 Å². The minimum Gasteiger partial charge on any atom is -0.497 e. The summed E-state index contributed by atoms with van der Waals surface area (Å²) in [4.78, 5) is 25.3. The van der Waals surface area contributed by atoms with E-state index in [0.717, 1.165) is 22.6 Å². The van der Waals surface area contributed by atoms with Crippen LogP contribution in [0.1, 0.15) is 32.8 Å². The number of benzene rings is 2. The SMILES string of the molecule is COc1cccc(Cn2c(-c3ccccc3)cc3c2C(=O)NCCC3=O)c1. The number of fused-ring (bicyclic) bond motifs is 1. The third-order valence-electron chi connectivity index (χ3n) is 4.79. The number of carbonyl (C=O) groups excluding carboxylic acids is 2. The number of hydrogen-bond acceptors (Lipinski definition) is 3. The zero-order chi connectivity index (χ0) is 18.8. The lowest BCUT2D eigenvalue weighted by Crippen LogP contribution is -2.26. The highest BCUT2D eigenvalue weighted by Crippen LogP contribution is 2.29. The van der Waals surface area contributed by atoms with Gasteiger partial charge in [-0.3, -0.25) is 9.59 Å². The van der Waals surface area contributed by atoms with Crippen LogP contribution in [0, 0.1) is 0 Å². The largest absolute Gasteiger partial charge is 0.497 e. The van der Waals surface area contributed by atoms with Gasteiger partial charge in [0.1, 0.15) is 11.4 Å². The fraction of sp³-hybridized carbons (Fsp3) is 0.182. The first-order valence-corrected chi connectivity index (χ1v) is 8.90. The quantitative estimate of drug-likeness (QED) is 0.774. The van der Waals surface area contributed by atoms with Gasteiger partial charge in [0.2, 0.25) is 0 Å². The first-order chi connectivity index (χ1) is 13.2. The lowest BCUT2D eigenvalue weighted by Gasteiger charge is -2.14. The van der Waals surface area contributed by atoms with Crippen molar-refractivity contribution in [3.63, 3.8) is 0 Å². The van der Waals surface area contributed by atoms with E-state index in [1.54, 1.807) is 7.11 Å². The molecule has 4 rings (SSSR count). The molecule has 1 amide bonds. The standard InChI is InChI=1S/C22H20N2O3/c1-27-17-9-5-6-15(12-17)14-24-19(16-7-3-2-4-8-16)13-18-20(25)10-11-23-22(26)21(18)24/h2-9,12-13H,10-11,14H2,1H3,(H,23,26). The molecule has 0 spiro atoms. The van der Waals surface area contributed by atoms with E-state index < -0.39 is 0 Å². The highest BCUT2D eigenvalue weighted by atomic mass is 16.5. The molecule has 2 heterocycles. The number of hydrogen-bond donors (Lipinski definition) is 1. The average molecular weight is 360 g/mol. The van der Waals surface area contributed by atoms with Crippen molar-refractivity contribution in [3.05, 3.63) is 77.5 Å². The normalized spacial score (nSPS) is 13.7. The number of methoxy groups -OCH3 is 1. The van der Waals surface area contributed by atoms with Crippen LogP contribution in [0.4, 0.5) is 0 Å². The molecule has 0 atom stereocenters. The zero-order valence-electron chi connectivity index (χ0n) is 15.1. The first-order valence-electron chi connectivity index (χ1n) is 8.90. The number of nitrogens with zero attached hydrogens (tertiary/aromatic N) is 1. The summed E-state index contributed by atoms with van der Waals surface area (Å²) in [6.07, 6.45) is 0.316. The molecule has 0 saturated heterocycles. The molecule has 136 valence electrons. The molecule has 0 radical (unpaired) electrons. The Balaban J connectivity index is 1.89. The average Bonchev–Trinajstić information content (AvgIpc) is 3.01. The van der Waals surface area contributed by atoms with Gasteiger partial charge < -0.3 is 14.6 Å². The molecule has 1 aromatic heterocycles. The maximum Gasteiger partial charge on any atom is 0.268 e. The van der Waals surface area contributed by atoms with Crippen molar-refractivity contribution in [3.8, 4) is 17.0 Å². The molecular weight excluding hydrogens is 340 g/mol. The monoisotopic (exact) mass is 360 g/mol. The van der Waals surface area contributed by atoms with E-state index in [4.69, 9.17) is 4.74 Å². The van der Waals surface area contributed by atoms with Gasteiger partial charge in [0.25, 0.3) is 5.91 Å². The molecule has 1 N–H and O–H groups in total. The Hall–Kier alpha value is -3.34. The van der Waals surface area contributed by atoms with Gasteiger partial charge in [-0.1, -0.05) is 42.5 Å². The molecule has 0 aliphatic carbocycles. The smallest absolute Gasteiger partial charge is 0.268 e. The summed E-state index contributed by atoms with van der Waals surface area (Å²) in [5, 5.41) is 2.84. The van der Waals surface area contributed by atoms with E-state index in [1.165, 1.54) is 0 Å². The van der Waals surface area contributed by atoms with Crippen molar-refractivity contribution in [1.29, 1.82) is 0 Å². The third kappa shape index (κ3) is 3.24. The first kappa shape index (κ1) is 17.1. The number of ether oxygens (including phenoxy) is 1. The van der Waals surface area contributed by atoms with Gasteiger partial charge in [-0.2, -0.15) is 0 Å². The number of Topliss-reactive ketones (excluding diaryl/α,β-unsaturated/α-hetero) is 1. The Morgan fingerprint density at radius 2 is 1.85 bits per heavy atom. The van der Waals surface area contributed by atoms with E-state index in [2.05, 4.69) is 5.32 Å². The van der Waals surface area contributed by atoms with E-state index in [-0.39, 0.29) is 11.7 Å². The molecule has 2 aromatic carbocycles. The van der Waals surface area contributed by atoms with E-state index in [0.29, 0.717) is 30.8 Å². The highest BCUT2D eigenvalue weighted by molar-refractivity contribution is 6.10. The summed E-state index contributed by atoms with van der Waals surface area (Å²) in [6, 6.07) is 19.4. The fourth-order valence-corrected chi connectivity index (χ4v) is 3.48. The van der Waals surface area contributed by atoms with Crippen molar-refractivity contribution in [2.75, 3.05) is 13.7 Å². The zero-order valence-corrected chi connectivity index (χ0v) is 15.1. The Labute approximate surface area is 157 Å². The topological polar surface area (TPSA) is 60.3 Å². The van der Waals surface area contributed by atoms with Gasteiger partial charge in [0, 0.05) is 30.8 Å². The second kappa shape index (κ2) is 7.11. The molecule has 5 nitrogen and oxygen atoms in total. The molecule has 1 aliphatic rings. The van der Waals surface area contributed by atoms with E-state index >= 15 is 0 Å². The summed E-state index contributed by atoms with van der Waals surface area (Å²) < 4.78 is 7.25. The van der Waals surface area contributed by atoms with Crippen molar-refractivity contribution >= 4 is 11.7 Å². The number of aromatic nitrogens is 1. The summed E-state index contributed by atoms with van der Waals surface area (Å²) in [5.41, 5.74) is 3.74. The Morgan fingerprint density at radius 3 is 2.63 bits per heavy atom. The van der Waals surface area contributed by atoms with Crippen LogP contribution in [0.2, 0.25) is 0 Å². The van der Waals surface area contributed by atoms with E-state index in [9.17, 15) is 9.59 Å². The highest BCUT2D eigenvalue weighted by Gasteiger charge is 2.28. The number of amides is 1. The van der Waals surface area contributed by atoms with Gasteiger partial charge in [-0.05, 0) is 29.3 Å². The second-order valence-corrected chi connectivity index (χ2v) is 6.52. The summed E-state index contributed by atoms with van der Waals surface area (Å²) in [6.45, 7) is 0.837. The molecule has 1 aliphatic heterocycles. The van der Waals surface area contributed by atoms with Gasteiger partial charge in [-0.15, -0.1) is 0 Å². The van der Waals surface area contributed by atoms with Crippen LogP contribution in [0.25, 0.3) is 11.3 Å². The van der Waals surface area contributed by atoms with E-state index in [1.807, 2.05) is 65.2 Å². The maximum absolute atomic E-state index is 12.7. The summed E-state index contributed by atoms with van der Waals surface area (Å²) in [5.74, 6) is 0.540. The molecule has 3 aromatic rings. The van der Waals surface area contributed by atoms with Gasteiger partial charge in [0.15, 0.2) is 5.78 Å². The van der Waals surface area contributed by atoms with Crippen LogP contribution in [0.3, 0.4) is 0 Å². The lowest BCUT2D eigenvalue weighted by molar-refractivity contribution is 0.0947. The van der Waals surface area contributed by atoms with Gasteiger partial charge >= 0.3 is 0 Å². The molecular formula is C22H20N2O3. The number of rotatable bonds is 4. The van der Waals surface area contributed by atoms with Crippen molar-refractivity contribution in [2.45, 2.75) is 13.0 Å². The predicted octanol–water partition coefficient (Wildman–Crippen LogP) is 3.53. The lowest BCUT2D eigenvalue weighted by atomic mass is 10.1. The van der Waals surface area contributed by atoms with Crippen LogP contribution in [-0.4, -0.2) is 29.9 Å². The molecule has 27 heavy (non-hydrogen) atoms. The molecule has 0 bridgehead atoms. The number of nitrogens with one attached hydrogen (secondary N) is 1. The molecule has 5 heteroatoms. The predicted molar refractivity (Wildman–Crippen MR) is 103 cm³/mol. The fourth-order valence-electron chi connectivity index (χ4n) is 3.48. The summed E-state index contributed by atoms with van der Waals surface area (Å²) in [7, 11) is 1.63. The molecule has 0 fully saturated rings. The van der Waals surface area contributed by atoms with Crippen molar-refractivity contribution in [2.24, 2.45) is 0 Å². The van der Waals surface area contributed by atoms with Gasteiger partial charge in [-0.25, -0.2) is 0 Å². The Kier molecular flexibility index (Phi) is 4.50. The number of carbonyl (C=O) groups is 2. The van der Waals surface area contributed by atoms with Crippen LogP contribution < -0.4 is 10.1 Å². The molecule has 0 saturated carbocycles. The Morgan fingerprint density at radius 1 is 1.04 bits per heavy atom. The van der Waals surface area contributed by atoms with Crippen LogP contribution >= 0.6 is 0 Å². The number of ketones is 1. The van der Waals surface area contributed by atoms with Crippen LogP contribution in [0.5, 0.6) is 5.75 Å². The minimum atomic E-state index is -0.207. The summed E-state index contributed by atoms with van der Waals surface area (Å²) >= 11 is 0. The Bertz CT molecular complexity index is 1010. The van der Waals surface area contributed by atoms with Gasteiger partial charge in [0.05, 0.1) is 7.11 Å². The van der Waals surface area contributed by atoms with Crippen molar-refractivity contribution < 1.29 is 14.3 Å². The maximum atomic E-state index is 12.7. The third-order valence-corrected chi connectivity index (χ3v) is 4.79. The molecule has 0 unspecified atom stereocenters.